The molecule has 4 heteroatoms. The van der Waals surface area contributed by atoms with Crippen LogP contribution in [0.15, 0.2) is 28.9 Å². The zero-order chi connectivity index (χ0) is 13.0. The first-order valence-corrected chi connectivity index (χ1v) is 6.57. The molecule has 2 rings (SSSR count). The van der Waals surface area contributed by atoms with Gasteiger partial charge in [-0.25, -0.2) is 4.98 Å². The Labute approximate surface area is 108 Å². The molecule has 2 aromatic heterocycles. The second-order valence-corrected chi connectivity index (χ2v) is 4.42. The maximum atomic E-state index is 5.74. The smallest absolute Gasteiger partial charge is 0.133 e. The Balaban J connectivity index is 2.31. The molecule has 1 N–H and O–H groups in total. The quantitative estimate of drug-likeness (QED) is 0.853. The van der Waals surface area contributed by atoms with E-state index in [1.165, 1.54) is 0 Å². The van der Waals surface area contributed by atoms with Gasteiger partial charge in [-0.15, -0.1) is 0 Å². The Bertz CT molecular complexity index is 487. The van der Waals surface area contributed by atoms with Gasteiger partial charge in [-0.2, -0.15) is 0 Å². The van der Waals surface area contributed by atoms with Crippen molar-refractivity contribution in [3.8, 4) is 0 Å². The van der Waals surface area contributed by atoms with Crippen molar-refractivity contribution in [2.24, 2.45) is 0 Å². The average molecular weight is 247 g/mol. The standard InChI is InChI=1S/C14H21N3O/c1-4-9-17-10-8-16-14(17)13(15-5-2)12-7-6-11(3)18-12/h6-8,10,13,15H,4-5,9H2,1-3H3. The molecular weight excluding hydrogens is 226 g/mol. The molecule has 98 valence electrons. The maximum absolute atomic E-state index is 5.74. The predicted octanol–water partition coefficient (Wildman–Crippen LogP) is 2.89. The molecule has 0 radical (unpaired) electrons. The van der Waals surface area contributed by atoms with E-state index in [-0.39, 0.29) is 6.04 Å². The second-order valence-electron chi connectivity index (χ2n) is 4.42. The van der Waals surface area contributed by atoms with Crippen LogP contribution in [-0.4, -0.2) is 16.1 Å². The van der Waals surface area contributed by atoms with Crippen molar-refractivity contribution in [3.05, 3.63) is 41.9 Å². The van der Waals surface area contributed by atoms with E-state index in [4.69, 9.17) is 4.42 Å². The van der Waals surface area contributed by atoms with Gasteiger partial charge in [0.25, 0.3) is 0 Å². The van der Waals surface area contributed by atoms with Gasteiger partial charge < -0.3 is 14.3 Å². The van der Waals surface area contributed by atoms with E-state index in [1.807, 2.05) is 31.5 Å². The van der Waals surface area contributed by atoms with Crippen LogP contribution in [0.5, 0.6) is 0 Å². The van der Waals surface area contributed by atoms with Gasteiger partial charge in [0.15, 0.2) is 0 Å². The Morgan fingerprint density at radius 1 is 1.39 bits per heavy atom. The van der Waals surface area contributed by atoms with Gasteiger partial charge in [-0.1, -0.05) is 13.8 Å². The first kappa shape index (κ1) is 12.9. The number of hydrogen-bond acceptors (Lipinski definition) is 3. The van der Waals surface area contributed by atoms with E-state index in [9.17, 15) is 0 Å². The third-order valence-corrected chi connectivity index (χ3v) is 2.92. The number of hydrogen-bond donors (Lipinski definition) is 1. The number of nitrogens with one attached hydrogen (secondary N) is 1. The first-order valence-electron chi connectivity index (χ1n) is 6.57. The zero-order valence-electron chi connectivity index (χ0n) is 11.3. The lowest BCUT2D eigenvalue weighted by molar-refractivity contribution is 0.416. The van der Waals surface area contributed by atoms with Crippen molar-refractivity contribution in [1.29, 1.82) is 0 Å². The van der Waals surface area contributed by atoms with Crippen molar-refractivity contribution >= 4 is 0 Å². The summed E-state index contributed by atoms with van der Waals surface area (Å²) in [4.78, 5) is 4.48. The molecule has 0 saturated carbocycles. The number of furan rings is 1. The highest BCUT2D eigenvalue weighted by Gasteiger charge is 2.20. The highest BCUT2D eigenvalue weighted by molar-refractivity contribution is 5.18. The summed E-state index contributed by atoms with van der Waals surface area (Å²) in [6.45, 7) is 8.09. The number of nitrogens with zero attached hydrogens (tertiary/aromatic N) is 2. The number of aromatic nitrogens is 2. The van der Waals surface area contributed by atoms with E-state index in [2.05, 4.69) is 28.7 Å². The van der Waals surface area contributed by atoms with E-state index in [0.717, 1.165) is 36.9 Å². The van der Waals surface area contributed by atoms with Gasteiger partial charge in [0.2, 0.25) is 0 Å². The van der Waals surface area contributed by atoms with Crippen molar-refractivity contribution in [2.45, 2.75) is 39.8 Å². The SMILES string of the molecule is CCCn1ccnc1C(NCC)c1ccc(C)o1. The van der Waals surface area contributed by atoms with Gasteiger partial charge in [0.05, 0.1) is 0 Å². The molecule has 0 aliphatic rings. The lowest BCUT2D eigenvalue weighted by Crippen LogP contribution is -2.25. The summed E-state index contributed by atoms with van der Waals surface area (Å²) < 4.78 is 7.92. The summed E-state index contributed by atoms with van der Waals surface area (Å²) in [7, 11) is 0. The summed E-state index contributed by atoms with van der Waals surface area (Å²) in [5.41, 5.74) is 0. The fourth-order valence-electron chi connectivity index (χ4n) is 2.14. The maximum Gasteiger partial charge on any atom is 0.133 e. The van der Waals surface area contributed by atoms with Crippen molar-refractivity contribution < 1.29 is 4.42 Å². The fraction of sp³-hybridized carbons (Fsp3) is 0.500. The topological polar surface area (TPSA) is 43.0 Å². The van der Waals surface area contributed by atoms with Crippen molar-refractivity contribution in [1.82, 2.24) is 14.9 Å². The number of rotatable bonds is 6. The molecule has 2 heterocycles. The predicted molar refractivity (Wildman–Crippen MR) is 71.5 cm³/mol. The lowest BCUT2D eigenvalue weighted by Gasteiger charge is -2.16. The minimum Gasteiger partial charge on any atom is -0.464 e. The Kier molecular flexibility index (Phi) is 4.20. The molecule has 0 fully saturated rings. The van der Waals surface area contributed by atoms with Crippen LogP contribution in [0.1, 0.15) is 43.7 Å². The lowest BCUT2D eigenvalue weighted by atomic mass is 10.2. The normalized spacial score (nSPS) is 12.8. The molecular formula is C14H21N3O. The number of imidazole rings is 1. The molecule has 2 aromatic rings. The Hall–Kier alpha value is -1.55. The highest BCUT2D eigenvalue weighted by Crippen LogP contribution is 2.22. The van der Waals surface area contributed by atoms with E-state index >= 15 is 0 Å². The monoisotopic (exact) mass is 247 g/mol. The molecule has 4 nitrogen and oxygen atoms in total. The molecule has 1 atom stereocenters. The molecule has 18 heavy (non-hydrogen) atoms. The second kappa shape index (κ2) is 5.87. The summed E-state index contributed by atoms with van der Waals surface area (Å²) in [5, 5.41) is 3.44. The van der Waals surface area contributed by atoms with Crippen LogP contribution in [0, 0.1) is 6.92 Å². The van der Waals surface area contributed by atoms with Crippen molar-refractivity contribution in [2.75, 3.05) is 6.54 Å². The summed E-state index contributed by atoms with van der Waals surface area (Å²) in [5.74, 6) is 2.88. The zero-order valence-corrected chi connectivity index (χ0v) is 11.3. The summed E-state index contributed by atoms with van der Waals surface area (Å²) >= 11 is 0. The summed E-state index contributed by atoms with van der Waals surface area (Å²) in [6.07, 6.45) is 4.98. The third-order valence-electron chi connectivity index (χ3n) is 2.92. The van der Waals surface area contributed by atoms with Crippen LogP contribution in [0.4, 0.5) is 0 Å². The molecule has 0 aromatic carbocycles. The average Bonchev–Trinajstić information content (AvgIpc) is 2.96. The largest absolute Gasteiger partial charge is 0.464 e. The molecule has 0 amide bonds. The van der Waals surface area contributed by atoms with Gasteiger partial charge in [-0.05, 0) is 32.0 Å². The fourth-order valence-corrected chi connectivity index (χ4v) is 2.14. The molecule has 0 aliphatic carbocycles. The first-order chi connectivity index (χ1) is 8.76. The summed E-state index contributed by atoms with van der Waals surface area (Å²) in [6, 6.07) is 4.05. The van der Waals surface area contributed by atoms with Gasteiger partial charge in [0.1, 0.15) is 23.4 Å². The van der Waals surface area contributed by atoms with Crippen molar-refractivity contribution in [3.63, 3.8) is 0 Å². The minimum absolute atomic E-state index is 0.0326. The van der Waals surface area contributed by atoms with E-state index in [1.54, 1.807) is 0 Å². The molecule has 0 spiro atoms. The van der Waals surface area contributed by atoms with Gasteiger partial charge in [0, 0.05) is 18.9 Å². The van der Waals surface area contributed by atoms with Crippen LogP contribution < -0.4 is 5.32 Å². The molecule has 0 bridgehead atoms. The van der Waals surface area contributed by atoms with Crippen LogP contribution in [0.2, 0.25) is 0 Å². The number of aryl methyl sites for hydroxylation is 2. The Morgan fingerprint density at radius 3 is 2.83 bits per heavy atom. The Morgan fingerprint density at radius 2 is 2.22 bits per heavy atom. The van der Waals surface area contributed by atoms with Crippen LogP contribution in [-0.2, 0) is 6.54 Å². The van der Waals surface area contributed by atoms with Crippen LogP contribution in [0.3, 0.4) is 0 Å². The van der Waals surface area contributed by atoms with Gasteiger partial charge in [-0.3, -0.25) is 0 Å². The minimum atomic E-state index is 0.0326. The van der Waals surface area contributed by atoms with Crippen LogP contribution in [0.25, 0.3) is 0 Å². The highest BCUT2D eigenvalue weighted by atomic mass is 16.3. The third kappa shape index (κ3) is 2.64. The van der Waals surface area contributed by atoms with Crippen LogP contribution >= 0.6 is 0 Å². The van der Waals surface area contributed by atoms with E-state index < -0.39 is 0 Å². The van der Waals surface area contributed by atoms with Gasteiger partial charge >= 0.3 is 0 Å². The molecule has 1 unspecified atom stereocenters. The molecule has 0 aliphatic heterocycles. The van der Waals surface area contributed by atoms with E-state index in [0.29, 0.717) is 0 Å². The molecule has 0 saturated heterocycles.